The molecule has 5 heteroatoms. The minimum Gasteiger partial charge on any atom is -0.497 e. The number of hydrogen-bond donors (Lipinski definition) is 1. The van der Waals surface area contributed by atoms with Gasteiger partial charge in [-0.1, -0.05) is 6.92 Å². The number of morpholine rings is 1. The highest BCUT2D eigenvalue weighted by Gasteiger charge is 2.19. The van der Waals surface area contributed by atoms with Crippen LogP contribution in [-0.2, 0) is 17.7 Å². The first kappa shape index (κ1) is 14.4. The molecule has 1 unspecified atom stereocenters. The van der Waals surface area contributed by atoms with Crippen molar-refractivity contribution in [2.45, 2.75) is 32.4 Å². The molecule has 0 amide bonds. The van der Waals surface area contributed by atoms with Gasteiger partial charge in [0.25, 0.3) is 0 Å². The van der Waals surface area contributed by atoms with Crippen molar-refractivity contribution in [2.24, 2.45) is 0 Å². The number of benzene rings is 1. The lowest BCUT2D eigenvalue weighted by Crippen LogP contribution is -2.40. The summed E-state index contributed by atoms with van der Waals surface area (Å²) in [5, 5.41) is 3.38. The Labute approximate surface area is 125 Å². The Morgan fingerprint density at radius 2 is 2.38 bits per heavy atom. The molecule has 0 bridgehead atoms. The molecule has 114 valence electrons. The van der Waals surface area contributed by atoms with Gasteiger partial charge >= 0.3 is 0 Å². The van der Waals surface area contributed by atoms with Crippen LogP contribution in [0.3, 0.4) is 0 Å². The van der Waals surface area contributed by atoms with E-state index < -0.39 is 0 Å². The summed E-state index contributed by atoms with van der Waals surface area (Å²) in [6, 6.07) is 6.10. The summed E-state index contributed by atoms with van der Waals surface area (Å²) in [4.78, 5) is 4.81. The van der Waals surface area contributed by atoms with Gasteiger partial charge in [-0.25, -0.2) is 4.98 Å². The summed E-state index contributed by atoms with van der Waals surface area (Å²) in [5.41, 5.74) is 2.18. The Morgan fingerprint density at radius 1 is 1.48 bits per heavy atom. The van der Waals surface area contributed by atoms with Gasteiger partial charge in [-0.3, -0.25) is 0 Å². The Balaban J connectivity index is 1.93. The molecule has 1 atom stereocenters. The van der Waals surface area contributed by atoms with E-state index in [0.29, 0.717) is 0 Å². The second-order valence-electron chi connectivity index (χ2n) is 5.44. The smallest absolute Gasteiger partial charge is 0.121 e. The molecule has 21 heavy (non-hydrogen) atoms. The van der Waals surface area contributed by atoms with Crippen LogP contribution in [0.25, 0.3) is 11.0 Å². The first-order chi connectivity index (χ1) is 10.3. The third kappa shape index (κ3) is 3.04. The van der Waals surface area contributed by atoms with Crippen LogP contribution in [0.15, 0.2) is 18.2 Å². The largest absolute Gasteiger partial charge is 0.497 e. The Kier molecular flexibility index (Phi) is 4.41. The molecule has 5 nitrogen and oxygen atoms in total. The lowest BCUT2D eigenvalue weighted by atomic mass is 10.2. The zero-order valence-corrected chi connectivity index (χ0v) is 12.8. The quantitative estimate of drug-likeness (QED) is 0.914. The van der Waals surface area contributed by atoms with Gasteiger partial charge in [-0.05, 0) is 18.6 Å². The van der Waals surface area contributed by atoms with Crippen molar-refractivity contribution < 1.29 is 9.47 Å². The second-order valence-corrected chi connectivity index (χ2v) is 5.44. The summed E-state index contributed by atoms with van der Waals surface area (Å²) in [5.74, 6) is 1.96. The molecule has 0 saturated carbocycles. The molecule has 1 aromatic heterocycles. The molecule has 1 aliphatic rings. The van der Waals surface area contributed by atoms with E-state index in [1.807, 2.05) is 12.1 Å². The lowest BCUT2D eigenvalue weighted by Gasteiger charge is -2.23. The predicted octanol–water partition coefficient (Wildman–Crippen LogP) is 1.99. The fourth-order valence-corrected chi connectivity index (χ4v) is 2.87. The van der Waals surface area contributed by atoms with Crippen molar-refractivity contribution in [3.63, 3.8) is 0 Å². The third-order valence-electron chi connectivity index (χ3n) is 3.90. The molecule has 1 aromatic carbocycles. The van der Waals surface area contributed by atoms with Crippen LogP contribution in [0.4, 0.5) is 0 Å². The summed E-state index contributed by atoms with van der Waals surface area (Å²) < 4.78 is 13.4. The summed E-state index contributed by atoms with van der Waals surface area (Å²) in [6.45, 7) is 5.81. The van der Waals surface area contributed by atoms with E-state index in [9.17, 15) is 0 Å². The minimum atomic E-state index is 0.216. The molecule has 1 saturated heterocycles. The summed E-state index contributed by atoms with van der Waals surface area (Å²) in [7, 11) is 1.69. The van der Waals surface area contributed by atoms with Crippen molar-refractivity contribution in [1.29, 1.82) is 0 Å². The highest BCUT2D eigenvalue weighted by Crippen LogP contribution is 2.23. The standard InChI is InChI=1S/C16H23N3O2/c1-3-7-19-15-5-4-12(20-2)9-14(15)18-16(19)10-13-11-17-6-8-21-13/h4-5,9,13,17H,3,6-8,10-11H2,1-2H3. The Hall–Kier alpha value is -1.59. The maximum Gasteiger partial charge on any atom is 0.121 e. The van der Waals surface area contributed by atoms with E-state index in [1.165, 1.54) is 5.52 Å². The molecule has 0 spiro atoms. The third-order valence-corrected chi connectivity index (χ3v) is 3.90. The summed E-state index contributed by atoms with van der Waals surface area (Å²) in [6.07, 6.45) is 2.16. The van der Waals surface area contributed by atoms with E-state index in [-0.39, 0.29) is 6.10 Å². The van der Waals surface area contributed by atoms with Crippen molar-refractivity contribution in [2.75, 3.05) is 26.8 Å². The number of ether oxygens (including phenoxy) is 2. The monoisotopic (exact) mass is 289 g/mol. The van der Waals surface area contributed by atoms with Crippen molar-refractivity contribution in [1.82, 2.24) is 14.9 Å². The first-order valence-electron chi connectivity index (χ1n) is 7.67. The number of aromatic nitrogens is 2. The van der Waals surface area contributed by atoms with Crippen LogP contribution < -0.4 is 10.1 Å². The lowest BCUT2D eigenvalue weighted by molar-refractivity contribution is 0.0276. The van der Waals surface area contributed by atoms with Crippen molar-refractivity contribution >= 4 is 11.0 Å². The van der Waals surface area contributed by atoms with Crippen LogP contribution in [0.1, 0.15) is 19.2 Å². The number of fused-ring (bicyclic) bond motifs is 1. The normalized spacial score (nSPS) is 19.0. The predicted molar refractivity (Wildman–Crippen MR) is 82.9 cm³/mol. The molecular weight excluding hydrogens is 266 g/mol. The second kappa shape index (κ2) is 6.45. The summed E-state index contributed by atoms with van der Waals surface area (Å²) >= 11 is 0. The van der Waals surface area contributed by atoms with Crippen LogP contribution >= 0.6 is 0 Å². The molecule has 2 aromatic rings. The SMILES string of the molecule is CCCn1c(CC2CNCCO2)nc2cc(OC)ccc21. The number of nitrogens with one attached hydrogen (secondary N) is 1. The van der Waals surface area contributed by atoms with E-state index >= 15 is 0 Å². The van der Waals surface area contributed by atoms with E-state index in [0.717, 1.165) is 56.2 Å². The average Bonchev–Trinajstić information content (AvgIpc) is 2.85. The molecule has 1 fully saturated rings. The van der Waals surface area contributed by atoms with Gasteiger partial charge < -0.3 is 19.4 Å². The number of rotatable bonds is 5. The van der Waals surface area contributed by atoms with Crippen molar-refractivity contribution in [3.8, 4) is 5.75 Å². The van der Waals surface area contributed by atoms with Crippen LogP contribution in [0, 0.1) is 0 Å². The van der Waals surface area contributed by atoms with E-state index in [2.05, 4.69) is 22.9 Å². The van der Waals surface area contributed by atoms with E-state index in [1.54, 1.807) is 7.11 Å². The maximum atomic E-state index is 5.82. The number of methoxy groups -OCH3 is 1. The van der Waals surface area contributed by atoms with Gasteiger partial charge in [0.2, 0.25) is 0 Å². The Morgan fingerprint density at radius 3 is 3.10 bits per heavy atom. The minimum absolute atomic E-state index is 0.216. The highest BCUT2D eigenvalue weighted by atomic mass is 16.5. The van der Waals surface area contributed by atoms with Crippen LogP contribution in [0.5, 0.6) is 5.75 Å². The number of nitrogens with zero attached hydrogens (tertiary/aromatic N) is 2. The number of aryl methyl sites for hydroxylation is 1. The first-order valence-corrected chi connectivity index (χ1v) is 7.67. The van der Waals surface area contributed by atoms with Gasteiger partial charge in [0.15, 0.2) is 0 Å². The molecule has 0 aliphatic carbocycles. The van der Waals surface area contributed by atoms with Gasteiger partial charge in [-0.2, -0.15) is 0 Å². The molecule has 1 N–H and O–H groups in total. The Bertz CT molecular complexity index is 603. The zero-order valence-electron chi connectivity index (χ0n) is 12.8. The average molecular weight is 289 g/mol. The number of hydrogen-bond acceptors (Lipinski definition) is 4. The molecular formula is C16H23N3O2. The highest BCUT2D eigenvalue weighted by molar-refractivity contribution is 5.77. The van der Waals surface area contributed by atoms with Crippen LogP contribution in [0.2, 0.25) is 0 Å². The zero-order chi connectivity index (χ0) is 14.7. The molecule has 3 rings (SSSR count). The topological polar surface area (TPSA) is 48.3 Å². The van der Waals surface area contributed by atoms with Gasteiger partial charge in [-0.15, -0.1) is 0 Å². The van der Waals surface area contributed by atoms with Gasteiger partial charge in [0.1, 0.15) is 11.6 Å². The fourth-order valence-electron chi connectivity index (χ4n) is 2.87. The van der Waals surface area contributed by atoms with Gasteiger partial charge in [0, 0.05) is 32.1 Å². The van der Waals surface area contributed by atoms with E-state index in [4.69, 9.17) is 14.5 Å². The van der Waals surface area contributed by atoms with Gasteiger partial charge in [0.05, 0.1) is 30.9 Å². The molecule has 0 radical (unpaired) electrons. The molecule has 1 aliphatic heterocycles. The molecule has 2 heterocycles. The van der Waals surface area contributed by atoms with Crippen LogP contribution in [-0.4, -0.2) is 42.5 Å². The number of imidazole rings is 1. The maximum absolute atomic E-state index is 5.82. The fraction of sp³-hybridized carbons (Fsp3) is 0.562. The van der Waals surface area contributed by atoms with Crippen molar-refractivity contribution in [3.05, 3.63) is 24.0 Å².